The Kier molecular flexibility index (Phi) is 6.22. The number of rotatable bonds is 8. The van der Waals surface area contributed by atoms with Gasteiger partial charge in [-0.25, -0.2) is 13.1 Å². The lowest BCUT2D eigenvalue weighted by Gasteiger charge is -2.15. The van der Waals surface area contributed by atoms with Crippen LogP contribution in [-0.4, -0.2) is 25.6 Å². The summed E-state index contributed by atoms with van der Waals surface area (Å²) in [5.74, 6) is 0.680. The molecule has 160 valence electrons. The van der Waals surface area contributed by atoms with Crippen molar-refractivity contribution in [3.8, 4) is 5.75 Å². The number of nitrogens with zero attached hydrogens (tertiary/aromatic N) is 1. The number of aromatic nitrogens is 1. The summed E-state index contributed by atoms with van der Waals surface area (Å²) in [7, 11) is -3.75. The number of fused-ring (bicyclic) bond motifs is 1. The predicted molar refractivity (Wildman–Crippen MR) is 123 cm³/mol. The highest BCUT2D eigenvalue weighted by Crippen LogP contribution is 2.23. The zero-order chi connectivity index (χ0) is 21.8. The van der Waals surface area contributed by atoms with E-state index in [9.17, 15) is 13.2 Å². The monoisotopic (exact) mass is 454 g/mol. The van der Waals surface area contributed by atoms with E-state index in [2.05, 4.69) is 4.72 Å². The first-order valence-electron chi connectivity index (χ1n) is 9.80. The van der Waals surface area contributed by atoms with Gasteiger partial charge in [0.2, 0.25) is 10.0 Å². The van der Waals surface area contributed by atoms with Crippen LogP contribution in [0.2, 0.25) is 0 Å². The van der Waals surface area contributed by atoms with Crippen LogP contribution >= 0.6 is 11.3 Å². The van der Waals surface area contributed by atoms with Crippen molar-refractivity contribution >= 4 is 31.6 Å². The number of benzene rings is 3. The van der Waals surface area contributed by atoms with Crippen LogP contribution in [0.15, 0.2) is 88.6 Å². The summed E-state index contributed by atoms with van der Waals surface area (Å²) in [6.45, 7) is 2.39. The van der Waals surface area contributed by atoms with Crippen molar-refractivity contribution in [3.05, 3.63) is 94.1 Å². The van der Waals surface area contributed by atoms with Gasteiger partial charge < -0.3 is 4.74 Å². The third kappa shape index (κ3) is 5.04. The first-order valence-corrected chi connectivity index (χ1v) is 12.1. The fourth-order valence-electron chi connectivity index (χ4n) is 3.23. The van der Waals surface area contributed by atoms with Crippen LogP contribution in [0.3, 0.4) is 0 Å². The largest absolute Gasteiger partial charge is 0.492 e. The first kappa shape index (κ1) is 21.3. The Morgan fingerprint density at radius 3 is 2.39 bits per heavy atom. The summed E-state index contributed by atoms with van der Waals surface area (Å²) in [5, 5.41) is 0. The molecule has 0 aliphatic carbocycles. The normalized spacial score (nSPS) is 12.7. The lowest BCUT2D eigenvalue weighted by Crippen LogP contribution is -2.36. The minimum Gasteiger partial charge on any atom is -0.492 e. The lowest BCUT2D eigenvalue weighted by molar-refractivity contribution is 0.287. The van der Waals surface area contributed by atoms with Crippen molar-refractivity contribution in [2.75, 3.05) is 6.61 Å². The first-order chi connectivity index (χ1) is 14.9. The van der Waals surface area contributed by atoms with E-state index in [0.717, 1.165) is 22.4 Å². The molecule has 0 aliphatic heterocycles. The third-order valence-corrected chi connectivity index (χ3v) is 7.26. The van der Waals surface area contributed by atoms with Gasteiger partial charge in [0, 0.05) is 0 Å². The zero-order valence-electron chi connectivity index (χ0n) is 16.9. The molecule has 31 heavy (non-hydrogen) atoms. The number of nitrogens with one attached hydrogen (secondary N) is 1. The van der Waals surface area contributed by atoms with E-state index in [1.807, 2.05) is 60.7 Å². The highest BCUT2D eigenvalue weighted by atomic mass is 32.2. The van der Waals surface area contributed by atoms with E-state index in [1.165, 1.54) is 6.07 Å². The molecule has 0 aliphatic rings. The van der Waals surface area contributed by atoms with Crippen molar-refractivity contribution in [1.29, 1.82) is 0 Å². The molecular formula is C23H22N2O4S2. The lowest BCUT2D eigenvalue weighted by atomic mass is 10.2. The number of ether oxygens (including phenoxy) is 1. The molecule has 0 fully saturated rings. The average Bonchev–Trinajstić information content (AvgIpc) is 3.08. The molecule has 0 unspecified atom stereocenters. The van der Waals surface area contributed by atoms with Crippen LogP contribution in [0.1, 0.15) is 12.5 Å². The molecule has 4 aromatic rings. The van der Waals surface area contributed by atoms with Crippen molar-refractivity contribution in [1.82, 2.24) is 9.29 Å². The molecule has 6 nitrogen and oxygen atoms in total. The molecule has 8 heteroatoms. The van der Waals surface area contributed by atoms with Gasteiger partial charge >= 0.3 is 4.87 Å². The SMILES string of the molecule is C[C@@H](COc1ccccc1)NS(=O)(=O)c1ccc2c(c1)sc(=O)n2Cc1ccccc1. The van der Waals surface area contributed by atoms with Crippen molar-refractivity contribution in [2.45, 2.75) is 24.4 Å². The smallest absolute Gasteiger partial charge is 0.308 e. The molecular weight excluding hydrogens is 432 g/mol. The summed E-state index contributed by atoms with van der Waals surface area (Å²) < 4.78 is 36.2. The quantitative estimate of drug-likeness (QED) is 0.439. The maximum absolute atomic E-state index is 12.8. The Morgan fingerprint density at radius 2 is 1.68 bits per heavy atom. The number of para-hydroxylation sites is 1. The third-order valence-electron chi connectivity index (χ3n) is 4.73. The highest BCUT2D eigenvalue weighted by Gasteiger charge is 2.20. The summed E-state index contributed by atoms with van der Waals surface area (Å²) in [4.78, 5) is 12.5. The molecule has 0 radical (unpaired) electrons. The molecule has 1 aromatic heterocycles. The molecule has 1 N–H and O–H groups in total. The van der Waals surface area contributed by atoms with Crippen molar-refractivity contribution in [3.63, 3.8) is 0 Å². The Labute approximate surface area is 184 Å². The fourth-order valence-corrected chi connectivity index (χ4v) is 5.49. The molecule has 1 heterocycles. The number of sulfonamides is 1. The Morgan fingerprint density at radius 1 is 1.00 bits per heavy atom. The fraction of sp³-hybridized carbons (Fsp3) is 0.174. The van der Waals surface area contributed by atoms with Crippen LogP contribution < -0.4 is 14.3 Å². The standard InChI is InChI=1S/C23H22N2O4S2/c1-17(16-29-19-10-6-3-7-11-19)24-31(27,28)20-12-13-21-22(14-20)30-23(26)25(21)15-18-8-4-2-5-9-18/h2-14,17,24H,15-16H2,1H3/t17-/m0/s1. The Hall–Kier alpha value is -2.94. The van der Waals surface area contributed by atoms with Gasteiger partial charge in [0.05, 0.1) is 27.7 Å². The molecule has 0 bridgehead atoms. The van der Waals surface area contributed by atoms with Gasteiger partial charge in [0.1, 0.15) is 12.4 Å². The second-order valence-corrected chi connectivity index (χ2v) is 9.92. The number of thiazole rings is 1. The van der Waals surface area contributed by atoms with Gasteiger partial charge in [0.25, 0.3) is 0 Å². The Bertz CT molecular complexity index is 1330. The molecule has 0 spiro atoms. The van der Waals surface area contributed by atoms with Gasteiger partial charge in [0.15, 0.2) is 0 Å². The van der Waals surface area contributed by atoms with Gasteiger partial charge in [-0.1, -0.05) is 59.9 Å². The van der Waals surface area contributed by atoms with E-state index in [1.54, 1.807) is 23.6 Å². The summed E-state index contributed by atoms with van der Waals surface area (Å²) in [6, 6.07) is 23.3. The molecule has 0 saturated heterocycles. The second-order valence-electron chi connectivity index (χ2n) is 7.22. The number of hydrogen-bond donors (Lipinski definition) is 1. The van der Waals surface area contributed by atoms with E-state index < -0.39 is 16.1 Å². The van der Waals surface area contributed by atoms with Crippen LogP contribution in [0, 0.1) is 0 Å². The minimum absolute atomic E-state index is 0.119. The van der Waals surface area contributed by atoms with Crippen molar-refractivity contribution < 1.29 is 13.2 Å². The van der Waals surface area contributed by atoms with Gasteiger partial charge in [-0.3, -0.25) is 9.36 Å². The molecule has 0 amide bonds. The predicted octanol–water partition coefficient (Wildman–Crippen LogP) is 3.86. The maximum atomic E-state index is 12.8. The van der Waals surface area contributed by atoms with Gasteiger partial charge in [-0.05, 0) is 42.8 Å². The number of hydrogen-bond acceptors (Lipinski definition) is 5. The van der Waals surface area contributed by atoms with Crippen LogP contribution in [0.4, 0.5) is 0 Å². The summed E-state index contributed by atoms with van der Waals surface area (Å²) in [5.41, 5.74) is 1.73. The molecule has 4 rings (SSSR count). The Balaban J connectivity index is 1.51. The minimum atomic E-state index is -3.75. The molecule has 3 aromatic carbocycles. The van der Waals surface area contributed by atoms with E-state index >= 15 is 0 Å². The van der Waals surface area contributed by atoms with Gasteiger partial charge in [-0.15, -0.1) is 0 Å². The van der Waals surface area contributed by atoms with Crippen LogP contribution in [0.5, 0.6) is 5.75 Å². The second kappa shape index (κ2) is 9.05. The maximum Gasteiger partial charge on any atom is 0.308 e. The van der Waals surface area contributed by atoms with Gasteiger partial charge in [-0.2, -0.15) is 0 Å². The van der Waals surface area contributed by atoms with E-state index in [0.29, 0.717) is 17.0 Å². The van der Waals surface area contributed by atoms with Crippen molar-refractivity contribution in [2.24, 2.45) is 0 Å². The molecule has 0 saturated carbocycles. The average molecular weight is 455 g/mol. The van der Waals surface area contributed by atoms with Crippen LogP contribution in [0.25, 0.3) is 10.2 Å². The van der Waals surface area contributed by atoms with E-state index in [-0.39, 0.29) is 16.4 Å². The van der Waals surface area contributed by atoms with Crippen LogP contribution in [-0.2, 0) is 16.6 Å². The zero-order valence-corrected chi connectivity index (χ0v) is 18.5. The van der Waals surface area contributed by atoms with E-state index in [4.69, 9.17) is 4.74 Å². The summed E-state index contributed by atoms with van der Waals surface area (Å²) in [6.07, 6.45) is 0. The highest BCUT2D eigenvalue weighted by molar-refractivity contribution is 7.89. The topological polar surface area (TPSA) is 77.4 Å². The summed E-state index contributed by atoms with van der Waals surface area (Å²) >= 11 is 1.05. The molecule has 1 atom stereocenters.